The van der Waals surface area contributed by atoms with Gasteiger partial charge in [0.25, 0.3) is 0 Å². The minimum absolute atomic E-state index is 0. The number of hydrogen-bond acceptors (Lipinski definition) is 4. The molecule has 1 aliphatic heterocycles. The van der Waals surface area contributed by atoms with Crippen LogP contribution >= 0.6 is 24.0 Å². The maximum atomic E-state index is 12.9. The first kappa shape index (κ1) is 28.1. The largest absolute Gasteiger partial charge is 0.378 e. The fourth-order valence-electron chi connectivity index (χ4n) is 3.63. The lowest BCUT2D eigenvalue weighted by atomic mass is 10.0. The highest BCUT2D eigenvalue weighted by atomic mass is 127. The van der Waals surface area contributed by atoms with Crippen molar-refractivity contribution in [3.05, 3.63) is 29.8 Å². The predicted octanol–water partition coefficient (Wildman–Crippen LogP) is 3.60. The van der Waals surface area contributed by atoms with Crippen LogP contribution in [0.3, 0.4) is 0 Å². The number of nitrogens with zero attached hydrogens (tertiary/aromatic N) is 2. The number of guanidine groups is 1. The number of benzene rings is 1. The maximum absolute atomic E-state index is 12.9. The van der Waals surface area contributed by atoms with Crippen molar-refractivity contribution < 1.29 is 13.2 Å². The summed E-state index contributed by atoms with van der Waals surface area (Å²) in [5.74, 6) is 1.16. The van der Waals surface area contributed by atoms with Gasteiger partial charge in [0.15, 0.2) is 5.96 Å². The van der Waals surface area contributed by atoms with Crippen molar-refractivity contribution in [3.63, 3.8) is 0 Å². The first-order chi connectivity index (χ1) is 14.4. The molecule has 1 heterocycles. The lowest BCUT2D eigenvalue weighted by Gasteiger charge is -2.26. The number of aliphatic imine (C=N–C) groups is 1. The van der Waals surface area contributed by atoms with Crippen LogP contribution in [0, 0.1) is 5.92 Å². The molecule has 1 aliphatic rings. The minimum Gasteiger partial charge on any atom is -0.378 e. The Morgan fingerprint density at radius 3 is 2.52 bits per heavy atom. The summed E-state index contributed by atoms with van der Waals surface area (Å²) in [6, 6.07) is 7.17. The summed E-state index contributed by atoms with van der Waals surface area (Å²) in [4.78, 5) is 4.63. The van der Waals surface area contributed by atoms with Gasteiger partial charge in [-0.2, -0.15) is 4.31 Å². The van der Waals surface area contributed by atoms with E-state index in [4.69, 9.17) is 4.74 Å². The van der Waals surface area contributed by atoms with Crippen molar-refractivity contribution >= 4 is 40.0 Å². The Bertz CT molecular complexity index is 781. The number of hydrogen-bond donors (Lipinski definition) is 2. The average molecular weight is 567 g/mol. The molecular formula is C22H39IN4O3S. The third-order valence-corrected chi connectivity index (χ3v) is 7.28. The summed E-state index contributed by atoms with van der Waals surface area (Å²) in [6.07, 6.45) is 4.09. The van der Waals surface area contributed by atoms with E-state index in [-0.39, 0.29) is 30.1 Å². The number of ether oxygens (including phenoxy) is 1. The summed E-state index contributed by atoms with van der Waals surface area (Å²) >= 11 is 0. The standard InChI is InChI=1S/C22H38N4O3S.HI/c1-5-29-21(18(2)3)12-13-24-22(23-4)25-17-19-10-9-11-20(16-19)30(27,28)26-14-7-6-8-15-26;/h9-11,16,18,21H,5-8,12-15,17H2,1-4H3,(H2,23,24,25);1H. The van der Waals surface area contributed by atoms with Gasteiger partial charge in [-0.3, -0.25) is 4.99 Å². The van der Waals surface area contributed by atoms with Crippen LogP contribution in [-0.4, -0.2) is 58.1 Å². The van der Waals surface area contributed by atoms with E-state index < -0.39 is 10.0 Å². The van der Waals surface area contributed by atoms with Crippen molar-refractivity contribution in [2.75, 3.05) is 33.3 Å². The molecule has 31 heavy (non-hydrogen) atoms. The highest BCUT2D eigenvalue weighted by Crippen LogP contribution is 2.21. The summed E-state index contributed by atoms with van der Waals surface area (Å²) in [5.41, 5.74) is 0.908. The number of nitrogens with one attached hydrogen (secondary N) is 2. The smallest absolute Gasteiger partial charge is 0.243 e. The molecule has 1 fully saturated rings. The highest BCUT2D eigenvalue weighted by Gasteiger charge is 2.25. The van der Waals surface area contributed by atoms with E-state index in [0.29, 0.717) is 43.0 Å². The SMILES string of the molecule is CCOC(CCNC(=NC)NCc1cccc(S(=O)(=O)N2CCCCC2)c1)C(C)C.I. The summed E-state index contributed by atoms with van der Waals surface area (Å²) in [6.45, 7) is 9.54. The summed E-state index contributed by atoms with van der Waals surface area (Å²) in [5, 5.41) is 6.58. The van der Waals surface area contributed by atoms with Gasteiger partial charge in [-0.1, -0.05) is 32.4 Å². The van der Waals surface area contributed by atoms with E-state index in [1.807, 2.05) is 13.0 Å². The second-order valence-corrected chi connectivity index (χ2v) is 9.93. The van der Waals surface area contributed by atoms with Crippen LogP contribution in [0.4, 0.5) is 0 Å². The Morgan fingerprint density at radius 2 is 1.90 bits per heavy atom. The Labute approximate surface area is 205 Å². The monoisotopic (exact) mass is 566 g/mol. The topological polar surface area (TPSA) is 83.0 Å². The fraction of sp³-hybridized carbons (Fsp3) is 0.682. The van der Waals surface area contributed by atoms with Crippen molar-refractivity contribution in [1.29, 1.82) is 0 Å². The molecule has 2 rings (SSSR count). The van der Waals surface area contributed by atoms with Gasteiger partial charge < -0.3 is 15.4 Å². The Morgan fingerprint density at radius 1 is 1.19 bits per heavy atom. The second kappa shape index (κ2) is 14.3. The van der Waals surface area contributed by atoms with Gasteiger partial charge in [0.05, 0.1) is 11.0 Å². The van der Waals surface area contributed by atoms with Crippen LogP contribution in [0.25, 0.3) is 0 Å². The van der Waals surface area contributed by atoms with Crippen LogP contribution in [0.5, 0.6) is 0 Å². The van der Waals surface area contributed by atoms with Gasteiger partial charge in [-0.05, 0) is 49.8 Å². The van der Waals surface area contributed by atoms with E-state index in [2.05, 4.69) is 29.5 Å². The number of sulfonamides is 1. The molecule has 9 heteroatoms. The molecule has 2 N–H and O–H groups in total. The quantitative estimate of drug-likeness (QED) is 0.257. The van der Waals surface area contributed by atoms with Crippen LogP contribution < -0.4 is 10.6 Å². The van der Waals surface area contributed by atoms with E-state index in [9.17, 15) is 8.42 Å². The molecule has 1 unspecified atom stereocenters. The normalized spacial score (nSPS) is 16.6. The van der Waals surface area contributed by atoms with Gasteiger partial charge in [-0.25, -0.2) is 8.42 Å². The molecule has 0 radical (unpaired) electrons. The Hall–Kier alpha value is -0.910. The van der Waals surface area contributed by atoms with E-state index in [0.717, 1.165) is 37.8 Å². The van der Waals surface area contributed by atoms with Gasteiger partial charge >= 0.3 is 0 Å². The molecule has 1 aromatic rings. The van der Waals surface area contributed by atoms with Gasteiger partial charge in [0.1, 0.15) is 0 Å². The van der Waals surface area contributed by atoms with E-state index in [1.54, 1.807) is 29.6 Å². The third kappa shape index (κ3) is 8.86. The summed E-state index contributed by atoms with van der Waals surface area (Å²) in [7, 11) is -1.69. The molecule has 1 saturated heterocycles. The maximum Gasteiger partial charge on any atom is 0.243 e. The highest BCUT2D eigenvalue weighted by molar-refractivity contribution is 14.0. The lowest BCUT2D eigenvalue weighted by Crippen LogP contribution is -2.39. The first-order valence-electron chi connectivity index (χ1n) is 11.0. The number of rotatable bonds is 10. The summed E-state index contributed by atoms with van der Waals surface area (Å²) < 4.78 is 33.2. The zero-order valence-corrected chi connectivity index (χ0v) is 22.4. The van der Waals surface area contributed by atoms with Crippen molar-refractivity contribution in [2.24, 2.45) is 10.9 Å². The fourth-order valence-corrected chi connectivity index (χ4v) is 5.22. The average Bonchev–Trinajstić information content (AvgIpc) is 2.76. The number of piperidine rings is 1. The van der Waals surface area contributed by atoms with Gasteiger partial charge in [0, 0.05) is 39.8 Å². The molecule has 7 nitrogen and oxygen atoms in total. The molecule has 0 aromatic heterocycles. The van der Waals surface area contributed by atoms with Gasteiger partial charge in [0.2, 0.25) is 10.0 Å². The Kier molecular flexibility index (Phi) is 13.0. The predicted molar refractivity (Wildman–Crippen MR) is 138 cm³/mol. The van der Waals surface area contributed by atoms with E-state index in [1.165, 1.54) is 0 Å². The second-order valence-electron chi connectivity index (χ2n) is 7.99. The minimum atomic E-state index is -3.42. The number of halogens is 1. The van der Waals surface area contributed by atoms with Gasteiger partial charge in [-0.15, -0.1) is 24.0 Å². The van der Waals surface area contributed by atoms with E-state index >= 15 is 0 Å². The zero-order chi connectivity index (χ0) is 22.0. The third-order valence-electron chi connectivity index (χ3n) is 5.38. The zero-order valence-electron chi connectivity index (χ0n) is 19.3. The van der Waals surface area contributed by atoms with Crippen LogP contribution in [0.1, 0.15) is 52.0 Å². The first-order valence-corrected chi connectivity index (χ1v) is 12.5. The van der Waals surface area contributed by atoms with Crippen molar-refractivity contribution in [2.45, 2.75) is 64.0 Å². The van der Waals surface area contributed by atoms with Crippen LogP contribution in [0.2, 0.25) is 0 Å². The molecule has 1 aromatic carbocycles. The Balaban J connectivity index is 0.00000480. The molecule has 0 saturated carbocycles. The van der Waals surface area contributed by atoms with Crippen molar-refractivity contribution in [3.8, 4) is 0 Å². The van der Waals surface area contributed by atoms with Crippen molar-refractivity contribution in [1.82, 2.24) is 14.9 Å². The molecular weight excluding hydrogens is 527 g/mol. The molecule has 0 bridgehead atoms. The molecule has 1 atom stereocenters. The molecule has 0 spiro atoms. The lowest BCUT2D eigenvalue weighted by molar-refractivity contribution is 0.0258. The molecule has 178 valence electrons. The van der Waals surface area contributed by atoms with Crippen LogP contribution in [-0.2, 0) is 21.3 Å². The molecule has 0 aliphatic carbocycles. The van der Waals surface area contributed by atoms with Crippen LogP contribution in [0.15, 0.2) is 34.2 Å². The molecule has 0 amide bonds.